The molecule has 0 aliphatic rings. The van der Waals surface area contributed by atoms with Crippen molar-refractivity contribution in [3.05, 3.63) is 42.0 Å². The molecule has 2 rings (SSSR count). The first kappa shape index (κ1) is 15.6. The molecule has 0 saturated carbocycles. The van der Waals surface area contributed by atoms with E-state index in [1.807, 2.05) is 13.8 Å². The van der Waals surface area contributed by atoms with E-state index in [9.17, 15) is 9.90 Å². The smallest absolute Gasteiger partial charge is 0.322 e. The van der Waals surface area contributed by atoms with Gasteiger partial charge in [0.2, 0.25) is 5.88 Å². The SMILES string of the molecule is CC(C)c1cc(Oc2cccc(NCC(=O)O)n2)ccc1O. The lowest BCUT2D eigenvalue weighted by molar-refractivity contribution is -0.134. The number of carbonyl (C=O) groups is 1. The second-order valence-electron chi connectivity index (χ2n) is 5.09. The van der Waals surface area contributed by atoms with Crippen molar-refractivity contribution in [1.29, 1.82) is 0 Å². The van der Waals surface area contributed by atoms with Crippen LogP contribution in [0.1, 0.15) is 25.3 Å². The van der Waals surface area contributed by atoms with Crippen LogP contribution >= 0.6 is 0 Å². The maximum atomic E-state index is 10.5. The second-order valence-corrected chi connectivity index (χ2v) is 5.09. The Hall–Kier alpha value is -2.76. The molecule has 1 heterocycles. The zero-order chi connectivity index (χ0) is 16.1. The van der Waals surface area contributed by atoms with Gasteiger partial charge in [0.05, 0.1) is 0 Å². The molecule has 2 aromatic rings. The number of aliphatic carboxylic acids is 1. The minimum atomic E-state index is -0.965. The molecule has 116 valence electrons. The zero-order valence-corrected chi connectivity index (χ0v) is 12.4. The average Bonchev–Trinajstić information content (AvgIpc) is 2.47. The number of nitrogens with one attached hydrogen (secondary N) is 1. The Morgan fingerprint density at radius 2 is 2.09 bits per heavy atom. The van der Waals surface area contributed by atoms with E-state index in [0.717, 1.165) is 5.56 Å². The number of anilines is 1. The van der Waals surface area contributed by atoms with Crippen LogP contribution in [0.2, 0.25) is 0 Å². The number of hydrogen-bond acceptors (Lipinski definition) is 5. The summed E-state index contributed by atoms with van der Waals surface area (Å²) in [5.41, 5.74) is 0.789. The summed E-state index contributed by atoms with van der Waals surface area (Å²) in [6.07, 6.45) is 0. The number of aromatic nitrogens is 1. The molecular formula is C16H18N2O4. The summed E-state index contributed by atoms with van der Waals surface area (Å²) in [5, 5.41) is 21.1. The van der Waals surface area contributed by atoms with Crippen LogP contribution in [0.4, 0.5) is 5.82 Å². The number of pyridine rings is 1. The van der Waals surface area contributed by atoms with Crippen LogP contribution in [-0.2, 0) is 4.79 Å². The van der Waals surface area contributed by atoms with Crippen LogP contribution in [-0.4, -0.2) is 27.7 Å². The molecule has 0 bridgehead atoms. The Kier molecular flexibility index (Phi) is 4.83. The minimum Gasteiger partial charge on any atom is -0.508 e. The first-order chi connectivity index (χ1) is 10.5. The third kappa shape index (κ3) is 4.12. The van der Waals surface area contributed by atoms with Crippen LogP contribution < -0.4 is 10.1 Å². The van der Waals surface area contributed by atoms with E-state index >= 15 is 0 Å². The summed E-state index contributed by atoms with van der Waals surface area (Å²) in [5.74, 6) is 0.753. The Labute approximate surface area is 128 Å². The number of benzene rings is 1. The Morgan fingerprint density at radius 1 is 1.32 bits per heavy atom. The van der Waals surface area contributed by atoms with Crippen molar-refractivity contribution >= 4 is 11.8 Å². The maximum Gasteiger partial charge on any atom is 0.322 e. The van der Waals surface area contributed by atoms with Crippen LogP contribution in [0.5, 0.6) is 17.4 Å². The topological polar surface area (TPSA) is 91.7 Å². The number of phenolic OH excluding ortho intramolecular Hbond substituents is 1. The molecule has 0 radical (unpaired) electrons. The summed E-state index contributed by atoms with van der Waals surface area (Å²) >= 11 is 0. The van der Waals surface area contributed by atoms with E-state index in [-0.39, 0.29) is 18.2 Å². The quantitative estimate of drug-likeness (QED) is 0.759. The highest BCUT2D eigenvalue weighted by Crippen LogP contribution is 2.31. The summed E-state index contributed by atoms with van der Waals surface area (Å²) in [6.45, 7) is 3.74. The van der Waals surface area contributed by atoms with E-state index in [4.69, 9.17) is 9.84 Å². The average molecular weight is 302 g/mol. The van der Waals surface area contributed by atoms with Crippen molar-refractivity contribution in [1.82, 2.24) is 4.98 Å². The number of ether oxygens (including phenoxy) is 1. The van der Waals surface area contributed by atoms with Crippen LogP contribution in [0.3, 0.4) is 0 Å². The molecule has 22 heavy (non-hydrogen) atoms. The molecule has 0 spiro atoms. The van der Waals surface area contributed by atoms with Gasteiger partial charge in [-0.25, -0.2) is 0 Å². The molecule has 6 heteroatoms. The highest BCUT2D eigenvalue weighted by atomic mass is 16.5. The predicted molar refractivity (Wildman–Crippen MR) is 82.6 cm³/mol. The molecule has 6 nitrogen and oxygen atoms in total. The number of rotatable bonds is 6. The van der Waals surface area contributed by atoms with Gasteiger partial charge >= 0.3 is 5.97 Å². The fraction of sp³-hybridized carbons (Fsp3) is 0.250. The van der Waals surface area contributed by atoms with Crippen molar-refractivity contribution in [2.45, 2.75) is 19.8 Å². The summed E-state index contributed by atoms with van der Waals surface area (Å²) in [6, 6.07) is 10.0. The monoisotopic (exact) mass is 302 g/mol. The zero-order valence-electron chi connectivity index (χ0n) is 12.4. The normalized spacial score (nSPS) is 10.5. The van der Waals surface area contributed by atoms with Gasteiger partial charge in [-0.3, -0.25) is 4.79 Å². The predicted octanol–water partition coefficient (Wildman–Crippen LogP) is 3.20. The molecule has 0 saturated heterocycles. The number of carboxylic acids is 1. The van der Waals surface area contributed by atoms with E-state index in [1.165, 1.54) is 0 Å². The summed E-state index contributed by atoms with van der Waals surface area (Å²) < 4.78 is 5.66. The van der Waals surface area contributed by atoms with Crippen LogP contribution in [0.15, 0.2) is 36.4 Å². The van der Waals surface area contributed by atoms with Gasteiger partial charge in [-0.15, -0.1) is 0 Å². The highest BCUT2D eigenvalue weighted by molar-refractivity contribution is 5.72. The Bertz CT molecular complexity index is 671. The third-order valence-electron chi connectivity index (χ3n) is 2.99. The molecule has 0 aliphatic carbocycles. The third-order valence-corrected chi connectivity index (χ3v) is 2.99. The van der Waals surface area contributed by atoms with Crippen LogP contribution in [0, 0.1) is 0 Å². The van der Waals surface area contributed by atoms with Crippen molar-refractivity contribution in [3.8, 4) is 17.4 Å². The molecular weight excluding hydrogens is 284 g/mol. The van der Waals surface area contributed by atoms with E-state index in [2.05, 4.69) is 10.3 Å². The fourth-order valence-electron chi connectivity index (χ4n) is 1.92. The number of nitrogens with zero attached hydrogens (tertiary/aromatic N) is 1. The van der Waals surface area contributed by atoms with Gasteiger partial charge in [0.25, 0.3) is 0 Å². The molecule has 0 amide bonds. The molecule has 0 atom stereocenters. The lowest BCUT2D eigenvalue weighted by atomic mass is 10.0. The molecule has 1 aromatic heterocycles. The summed E-state index contributed by atoms with van der Waals surface area (Å²) in [7, 11) is 0. The lowest BCUT2D eigenvalue weighted by Gasteiger charge is -2.12. The number of aromatic hydroxyl groups is 1. The van der Waals surface area contributed by atoms with Gasteiger partial charge in [-0.05, 0) is 30.2 Å². The standard InChI is InChI=1S/C16H18N2O4/c1-10(2)12-8-11(6-7-13(12)19)22-15-5-3-4-14(18-15)17-9-16(20)21/h3-8,10,19H,9H2,1-2H3,(H,17,18)(H,20,21). The second kappa shape index (κ2) is 6.80. The van der Waals surface area contributed by atoms with Crippen molar-refractivity contribution in [3.63, 3.8) is 0 Å². The largest absolute Gasteiger partial charge is 0.508 e. The fourth-order valence-corrected chi connectivity index (χ4v) is 1.92. The van der Waals surface area contributed by atoms with Gasteiger partial charge in [-0.1, -0.05) is 19.9 Å². The molecule has 0 unspecified atom stereocenters. The summed E-state index contributed by atoms with van der Waals surface area (Å²) in [4.78, 5) is 14.7. The number of carboxylic acid groups (broad SMARTS) is 1. The van der Waals surface area contributed by atoms with Gasteiger partial charge in [0.1, 0.15) is 23.9 Å². The van der Waals surface area contributed by atoms with E-state index in [0.29, 0.717) is 17.4 Å². The van der Waals surface area contributed by atoms with Gasteiger partial charge in [0, 0.05) is 11.6 Å². The highest BCUT2D eigenvalue weighted by Gasteiger charge is 2.09. The van der Waals surface area contributed by atoms with E-state index in [1.54, 1.807) is 36.4 Å². The molecule has 0 aliphatic heterocycles. The molecule has 1 aromatic carbocycles. The first-order valence-corrected chi connectivity index (χ1v) is 6.89. The van der Waals surface area contributed by atoms with Gasteiger partial charge in [0.15, 0.2) is 0 Å². The van der Waals surface area contributed by atoms with Gasteiger partial charge in [-0.2, -0.15) is 4.98 Å². The Balaban J connectivity index is 2.15. The molecule has 3 N–H and O–H groups in total. The van der Waals surface area contributed by atoms with Gasteiger partial charge < -0.3 is 20.3 Å². The van der Waals surface area contributed by atoms with Crippen LogP contribution in [0.25, 0.3) is 0 Å². The molecule has 0 fully saturated rings. The number of hydrogen-bond donors (Lipinski definition) is 3. The van der Waals surface area contributed by atoms with Crippen molar-refractivity contribution in [2.75, 3.05) is 11.9 Å². The minimum absolute atomic E-state index is 0.167. The maximum absolute atomic E-state index is 10.5. The number of phenols is 1. The Morgan fingerprint density at radius 3 is 2.77 bits per heavy atom. The first-order valence-electron chi connectivity index (χ1n) is 6.89. The van der Waals surface area contributed by atoms with Crippen molar-refractivity contribution in [2.24, 2.45) is 0 Å². The lowest BCUT2D eigenvalue weighted by Crippen LogP contribution is -2.13. The van der Waals surface area contributed by atoms with E-state index < -0.39 is 5.97 Å². The van der Waals surface area contributed by atoms with Crippen molar-refractivity contribution < 1.29 is 19.7 Å².